The van der Waals surface area contributed by atoms with E-state index in [1.165, 1.54) is 0 Å². The van der Waals surface area contributed by atoms with Gasteiger partial charge < -0.3 is 15.7 Å². The summed E-state index contributed by atoms with van der Waals surface area (Å²) in [4.78, 5) is 23.2. The second-order valence-corrected chi connectivity index (χ2v) is 4.95. The Morgan fingerprint density at radius 2 is 2.33 bits per heavy atom. The molecule has 3 N–H and O–H groups in total. The number of aryl methyl sites for hydroxylation is 1. The fourth-order valence-electron chi connectivity index (χ4n) is 2.09. The lowest BCUT2D eigenvalue weighted by Gasteiger charge is -2.13. The van der Waals surface area contributed by atoms with E-state index in [1.54, 1.807) is 6.07 Å². The van der Waals surface area contributed by atoms with Crippen molar-refractivity contribution in [2.75, 3.05) is 11.9 Å². The highest BCUT2D eigenvalue weighted by Crippen LogP contribution is 2.18. The average molecular weight is 286 g/mol. The highest BCUT2D eigenvalue weighted by atomic mass is 16.2. The van der Waals surface area contributed by atoms with E-state index in [9.17, 15) is 9.59 Å². The number of amides is 2. The summed E-state index contributed by atoms with van der Waals surface area (Å²) >= 11 is 0. The van der Waals surface area contributed by atoms with Gasteiger partial charge in [-0.1, -0.05) is 17.9 Å². The predicted molar refractivity (Wildman–Crippen MR) is 79.6 cm³/mol. The highest BCUT2D eigenvalue weighted by Gasteiger charge is 2.27. The molecule has 0 bridgehead atoms. The molecule has 1 fully saturated rings. The second-order valence-electron chi connectivity index (χ2n) is 4.95. The SMILES string of the molecule is Cc1ccc(C#CCCO)cc1NC(=O)C1CCC(=O)N1. The van der Waals surface area contributed by atoms with E-state index in [4.69, 9.17) is 5.11 Å². The maximum atomic E-state index is 12.1. The number of benzene rings is 1. The Labute approximate surface area is 123 Å². The number of aliphatic hydroxyl groups excluding tert-OH is 1. The van der Waals surface area contributed by atoms with E-state index in [1.807, 2.05) is 19.1 Å². The third kappa shape index (κ3) is 4.07. The Morgan fingerprint density at radius 3 is 3.00 bits per heavy atom. The number of hydrogen-bond donors (Lipinski definition) is 3. The first-order valence-electron chi connectivity index (χ1n) is 6.91. The number of hydrogen-bond acceptors (Lipinski definition) is 3. The molecular formula is C16H18N2O3. The Hall–Kier alpha value is -2.32. The average Bonchev–Trinajstić information content (AvgIpc) is 2.89. The van der Waals surface area contributed by atoms with Crippen LogP contribution in [-0.2, 0) is 9.59 Å². The molecule has 1 heterocycles. The molecule has 5 nitrogen and oxygen atoms in total. The smallest absolute Gasteiger partial charge is 0.246 e. The third-order valence-corrected chi connectivity index (χ3v) is 3.28. The zero-order valence-electron chi connectivity index (χ0n) is 11.9. The van der Waals surface area contributed by atoms with Crippen LogP contribution in [0.2, 0.25) is 0 Å². The van der Waals surface area contributed by atoms with Crippen LogP contribution in [0.1, 0.15) is 30.4 Å². The molecule has 2 amide bonds. The third-order valence-electron chi connectivity index (χ3n) is 3.28. The standard InChI is InChI=1S/C16H18N2O3/c1-11-5-6-12(4-2-3-9-19)10-14(11)18-16(21)13-7-8-15(20)17-13/h5-6,10,13,19H,3,7-9H2,1H3,(H,17,20)(H,18,21). The normalized spacial score (nSPS) is 16.9. The molecule has 1 aromatic carbocycles. The van der Waals surface area contributed by atoms with E-state index in [0.717, 1.165) is 11.1 Å². The lowest BCUT2D eigenvalue weighted by Crippen LogP contribution is -2.37. The summed E-state index contributed by atoms with van der Waals surface area (Å²) < 4.78 is 0. The van der Waals surface area contributed by atoms with Gasteiger partial charge in [-0.15, -0.1) is 0 Å². The topological polar surface area (TPSA) is 78.4 Å². The van der Waals surface area contributed by atoms with Gasteiger partial charge in [0.2, 0.25) is 11.8 Å². The van der Waals surface area contributed by atoms with Crippen LogP contribution in [0.25, 0.3) is 0 Å². The number of carbonyl (C=O) groups excluding carboxylic acids is 2. The molecule has 0 saturated carbocycles. The van der Waals surface area contributed by atoms with E-state index in [2.05, 4.69) is 22.5 Å². The molecular weight excluding hydrogens is 268 g/mol. The van der Waals surface area contributed by atoms with Gasteiger partial charge >= 0.3 is 0 Å². The number of anilines is 1. The fourth-order valence-corrected chi connectivity index (χ4v) is 2.09. The van der Waals surface area contributed by atoms with Gasteiger partial charge in [-0.2, -0.15) is 0 Å². The number of nitrogens with one attached hydrogen (secondary N) is 2. The van der Waals surface area contributed by atoms with Crippen LogP contribution in [-0.4, -0.2) is 29.6 Å². The summed E-state index contributed by atoms with van der Waals surface area (Å²) in [5.41, 5.74) is 2.40. The summed E-state index contributed by atoms with van der Waals surface area (Å²) in [6.07, 6.45) is 1.34. The van der Waals surface area contributed by atoms with Crippen molar-refractivity contribution in [3.63, 3.8) is 0 Å². The van der Waals surface area contributed by atoms with Gasteiger partial charge in [0.15, 0.2) is 0 Å². The first-order valence-corrected chi connectivity index (χ1v) is 6.91. The Morgan fingerprint density at radius 1 is 1.52 bits per heavy atom. The number of aliphatic hydroxyl groups is 1. The van der Waals surface area contributed by atoms with Crippen molar-refractivity contribution in [2.24, 2.45) is 0 Å². The van der Waals surface area contributed by atoms with Crippen LogP contribution < -0.4 is 10.6 Å². The Kier molecular flexibility index (Phi) is 4.96. The lowest BCUT2D eigenvalue weighted by molar-refractivity contribution is -0.122. The molecule has 1 aromatic rings. The van der Waals surface area contributed by atoms with Crippen molar-refractivity contribution in [1.29, 1.82) is 0 Å². The van der Waals surface area contributed by atoms with E-state index < -0.39 is 6.04 Å². The Bertz CT molecular complexity index is 614. The van der Waals surface area contributed by atoms with Crippen LogP contribution in [0.4, 0.5) is 5.69 Å². The van der Waals surface area contributed by atoms with Crippen molar-refractivity contribution in [1.82, 2.24) is 5.32 Å². The molecule has 0 radical (unpaired) electrons. The summed E-state index contributed by atoms with van der Waals surface area (Å²) in [6, 6.07) is 5.09. The van der Waals surface area contributed by atoms with Crippen molar-refractivity contribution >= 4 is 17.5 Å². The summed E-state index contributed by atoms with van der Waals surface area (Å²) in [5, 5.41) is 14.2. The zero-order valence-corrected chi connectivity index (χ0v) is 11.9. The van der Waals surface area contributed by atoms with Gasteiger partial charge in [0.1, 0.15) is 6.04 Å². The van der Waals surface area contributed by atoms with Crippen LogP contribution in [0, 0.1) is 18.8 Å². The molecule has 110 valence electrons. The van der Waals surface area contributed by atoms with Crippen LogP contribution in [0.15, 0.2) is 18.2 Å². The van der Waals surface area contributed by atoms with Crippen LogP contribution >= 0.6 is 0 Å². The van der Waals surface area contributed by atoms with E-state index in [-0.39, 0.29) is 18.4 Å². The molecule has 1 aliphatic heterocycles. The largest absolute Gasteiger partial charge is 0.395 e. The lowest BCUT2D eigenvalue weighted by atomic mass is 10.1. The van der Waals surface area contributed by atoms with Crippen LogP contribution in [0.5, 0.6) is 0 Å². The fraction of sp³-hybridized carbons (Fsp3) is 0.375. The van der Waals surface area contributed by atoms with Crippen LogP contribution in [0.3, 0.4) is 0 Å². The summed E-state index contributed by atoms with van der Waals surface area (Å²) in [7, 11) is 0. The van der Waals surface area contributed by atoms with Crippen molar-refractivity contribution in [3.8, 4) is 11.8 Å². The molecule has 0 aliphatic carbocycles. The van der Waals surface area contributed by atoms with Gasteiger partial charge in [-0.05, 0) is 31.0 Å². The monoisotopic (exact) mass is 286 g/mol. The minimum atomic E-state index is -0.457. The van der Waals surface area contributed by atoms with Gasteiger partial charge in [0.05, 0.1) is 6.61 Å². The van der Waals surface area contributed by atoms with E-state index in [0.29, 0.717) is 24.9 Å². The summed E-state index contributed by atoms with van der Waals surface area (Å²) in [6.45, 7) is 1.93. The van der Waals surface area contributed by atoms with Crippen molar-refractivity contribution < 1.29 is 14.7 Å². The molecule has 1 aliphatic rings. The second kappa shape index (κ2) is 6.91. The quantitative estimate of drug-likeness (QED) is 0.724. The predicted octanol–water partition coefficient (Wildman–Crippen LogP) is 0.946. The van der Waals surface area contributed by atoms with Gasteiger partial charge in [-0.3, -0.25) is 9.59 Å². The van der Waals surface area contributed by atoms with Crippen molar-refractivity contribution in [2.45, 2.75) is 32.2 Å². The first kappa shape index (κ1) is 15.1. The summed E-state index contributed by atoms with van der Waals surface area (Å²) in [5.74, 6) is 5.48. The molecule has 2 rings (SSSR count). The number of rotatable bonds is 3. The molecule has 21 heavy (non-hydrogen) atoms. The molecule has 1 saturated heterocycles. The molecule has 0 spiro atoms. The maximum Gasteiger partial charge on any atom is 0.246 e. The first-order chi connectivity index (χ1) is 10.1. The highest BCUT2D eigenvalue weighted by molar-refractivity contribution is 5.99. The zero-order chi connectivity index (χ0) is 15.2. The van der Waals surface area contributed by atoms with Gasteiger partial charge in [0.25, 0.3) is 0 Å². The molecule has 5 heteroatoms. The van der Waals surface area contributed by atoms with E-state index >= 15 is 0 Å². The van der Waals surface area contributed by atoms with Gasteiger partial charge in [-0.25, -0.2) is 0 Å². The molecule has 0 aromatic heterocycles. The number of carbonyl (C=O) groups is 2. The van der Waals surface area contributed by atoms with Crippen molar-refractivity contribution in [3.05, 3.63) is 29.3 Å². The Balaban J connectivity index is 2.08. The maximum absolute atomic E-state index is 12.1. The molecule has 1 atom stereocenters. The minimum Gasteiger partial charge on any atom is -0.395 e. The minimum absolute atomic E-state index is 0.0316. The van der Waals surface area contributed by atoms with Gasteiger partial charge in [0, 0.05) is 24.1 Å². The molecule has 1 unspecified atom stereocenters.